The summed E-state index contributed by atoms with van der Waals surface area (Å²) >= 11 is 0. The van der Waals surface area contributed by atoms with E-state index in [-0.39, 0.29) is 5.91 Å². The van der Waals surface area contributed by atoms with Crippen molar-refractivity contribution < 1.29 is 4.79 Å². The molecule has 2 aromatic carbocycles. The van der Waals surface area contributed by atoms with Gasteiger partial charge in [-0.2, -0.15) is 5.10 Å². The summed E-state index contributed by atoms with van der Waals surface area (Å²) in [6, 6.07) is 18.1. The molecule has 1 aliphatic heterocycles. The second-order valence-corrected chi connectivity index (χ2v) is 7.09. The molecule has 0 saturated carbocycles. The van der Waals surface area contributed by atoms with Crippen molar-refractivity contribution in [3.63, 3.8) is 0 Å². The molecule has 1 heterocycles. The number of rotatable bonds is 8. The molecule has 5 nitrogen and oxygen atoms in total. The molecule has 5 heteroatoms. The Morgan fingerprint density at radius 1 is 1.15 bits per heavy atom. The third-order valence-electron chi connectivity index (χ3n) is 4.70. The molecule has 0 atom stereocenters. The Hall–Kier alpha value is -2.66. The fraction of sp³-hybridized carbons (Fsp3) is 0.364. The number of hydrazone groups is 1. The minimum absolute atomic E-state index is 0.0200. The lowest BCUT2D eigenvalue weighted by Gasteiger charge is -2.17. The van der Waals surface area contributed by atoms with Gasteiger partial charge in [0.1, 0.15) is 0 Å². The van der Waals surface area contributed by atoms with Gasteiger partial charge in [0.2, 0.25) is 0 Å². The molecule has 27 heavy (non-hydrogen) atoms. The van der Waals surface area contributed by atoms with Crippen molar-refractivity contribution in [1.29, 1.82) is 0 Å². The Bertz CT molecular complexity index is 771. The molecule has 0 saturated heterocycles. The van der Waals surface area contributed by atoms with Crippen LogP contribution in [0.4, 0.5) is 5.69 Å². The third-order valence-corrected chi connectivity index (χ3v) is 4.70. The summed E-state index contributed by atoms with van der Waals surface area (Å²) in [5, 5.41) is 9.48. The molecule has 142 valence electrons. The maximum atomic E-state index is 12.3. The van der Waals surface area contributed by atoms with Gasteiger partial charge >= 0.3 is 0 Å². The highest BCUT2D eigenvalue weighted by Crippen LogP contribution is 2.19. The predicted molar refractivity (Wildman–Crippen MR) is 111 cm³/mol. The Morgan fingerprint density at radius 2 is 1.89 bits per heavy atom. The first-order valence-corrected chi connectivity index (χ1v) is 9.54. The summed E-state index contributed by atoms with van der Waals surface area (Å²) in [6.07, 6.45) is 1.93. The summed E-state index contributed by atoms with van der Waals surface area (Å²) in [6.45, 7) is 5.50. The Kier molecular flexibility index (Phi) is 6.60. The highest BCUT2D eigenvalue weighted by molar-refractivity contribution is 5.94. The van der Waals surface area contributed by atoms with Gasteiger partial charge in [0.05, 0.1) is 5.69 Å². The number of hydrogen-bond acceptors (Lipinski definition) is 4. The van der Waals surface area contributed by atoms with E-state index in [0.717, 1.165) is 43.9 Å². The Labute approximate surface area is 161 Å². The van der Waals surface area contributed by atoms with E-state index in [1.165, 1.54) is 5.56 Å². The molecular formula is C22H28N4O. The smallest absolute Gasteiger partial charge is 0.251 e. The van der Waals surface area contributed by atoms with E-state index in [4.69, 9.17) is 0 Å². The number of carbonyl (C=O) groups is 1. The van der Waals surface area contributed by atoms with Crippen LogP contribution in [0.15, 0.2) is 59.7 Å². The number of anilines is 1. The quantitative estimate of drug-likeness (QED) is 0.729. The van der Waals surface area contributed by atoms with E-state index in [1.807, 2.05) is 42.3 Å². The molecule has 3 rings (SSSR count). The second-order valence-electron chi connectivity index (χ2n) is 7.09. The lowest BCUT2D eigenvalue weighted by molar-refractivity contribution is 0.0952. The molecule has 1 aliphatic rings. The van der Waals surface area contributed by atoms with Gasteiger partial charge in [0.15, 0.2) is 0 Å². The molecule has 0 aliphatic carbocycles. The highest BCUT2D eigenvalue weighted by Gasteiger charge is 2.13. The average Bonchev–Trinajstić information content (AvgIpc) is 3.12. The van der Waals surface area contributed by atoms with E-state index in [0.29, 0.717) is 12.1 Å². The zero-order valence-corrected chi connectivity index (χ0v) is 16.2. The molecular weight excluding hydrogens is 336 g/mol. The van der Waals surface area contributed by atoms with E-state index in [1.54, 1.807) is 0 Å². The van der Waals surface area contributed by atoms with Crippen LogP contribution in [-0.2, 0) is 6.54 Å². The van der Waals surface area contributed by atoms with Gasteiger partial charge in [-0.15, -0.1) is 0 Å². The Morgan fingerprint density at radius 3 is 2.56 bits per heavy atom. The van der Waals surface area contributed by atoms with E-state index >= 15 is 0 Å². The van der Waals surface area contributed by atoms with Crippen LogP contribution >= 0.6 is 0 Å². The van der Waals surface area contributed by atoms with Crippen molar-refractivity contribution >= 4 is 17.3 Å². The van der Waals surface area contributed by atoms with Crippen LogP contribution in [-0.4, -0.2) is 43.2 Å². The zero-order chi connectivity index (χ0) is 19.1. The van der Waals surface area contributed by atoms with Crippen LogP contribution in [0.2, 0.25) is 0 Å². The molecule has 0 unspecified atom stereocenters. The number of nitrogens with one attached hydrogen (secondary N) is 1. The maximum absolute atomic E-state index is 12.3. The molecule has 0 spiro atoms. The van der Waals surface area contributed by atoms with Gasteiger partial charge in [0.25, 0.3) is 5.91 Å². The number of carbonyl (C=O) groups excluding carboxylic acids is 1. The summed E-state index contributed by atoms with van der Waals surface area (Å²) in [5.74, 6) is -0.0200. The molecule has 1 amide bonds. The van der Waals surface area contributed by atoms with E-state index in [2.05, 4.69) is 46.6 Å². The van der Waals surface area contributed by atoms with Crippen LogP contribution < -0.4 is 10.3 Å². The summed E-state index contributed by atoms with van der Waals surface area (Å²) < 4.78 is 0. The average molecular weight is 364 g/mol. The SMILES string of the molecule is CC1=NN(c2ccc(C(=O)NCCCN(C)Cc3ccccc3)cc2)CC1. The molecule has 0 aromatic heterocycles. The number of benzene rings is 2. The number of hydrogen-bond donors (Lipinski definition) is 1. The lowest BCUT2D eigenvalue weighted by atomic mass is 10.2. The summed E-state index contributed by atoms with van der Waals surface area (Å²) in [7, 11) is 2.11. The topological polar surface area (TPSA) is 47.9 Å². The van der Waals surface area contributed by atoms with Crippen LogP contribution in [0.5, 0.6) is 0 Å². The van der Waals surface area contributed by atoms with Crippen LogP contribution in [0.1, 0.15) is 35.7 Å². The molecule has 0 bridgehead atoms. The minimum Gasteiger partial charge on any atom is -0.352 e. The first-order valence-electron chi connectivity index (χ1n) is 9.54. The molecule has 0 fully saturated rings. The van der Waals surface area contributed by atoms with Crippen molar-refractivity contribution in [2.75, 3.05) is 31.7 Å². The number of amides is 1. The normalized spacial score (nSPS) is 13.7. The molecule has 0 radical (unpaired) electrons. The van der Waals surface area contributed by atoms with Crippen molar-refractivity contribution in [3.8, 4) is 0 Å². The largest absolute Gasteiger partial charge is 0.352 e. The van der Waals surface area contributed by atoms with Crippen LogP contribution in [0.25, 0.3) is 0 Å². The van der Waals surface area contributed by atoms with Gasteiger partial charge < -0.3 is 10.2 Å². The fourth-order valence-electron chi connectivity index (χ4n) is 3.17. The van der Waals surface area contributed by atoms with E-state index < -0.39 is 0 Å². The monoisotopic (exact) mass is 364 g/mol. The van der Waals surface area contributed by atoms with Crippen LogP contribution in [0, 0.1) is 0 Å². The molecule has 2 aromatic rings. The van der Waals surface area contributed by atoms with Gasteiger partial charge in [-0.1, -0.05) is 30.3 Å². The number of nitrogens with zero attached hydrogens (tertiary/aromatic N) is 3. The van der Waals surface area contributed by atoms with Gasteiger partial charge in [-0.3, -0.25) is 9.80 Å². The van der Waals surface area contributed by atoms with E-state index in [9.17, 15) is 4.79 Å². The predicted octanol–water partition coefficient (Wildman–Crippen LogP) is 3.52. The third kappa shape index (κ3) is 5.66. The standard InChI is InChI=1S/C22H28N4O/c1-18-13-16-26(24-18)21-11-9-20(10-12-21)22(27)23-14-6-15-25(2)17-19-7-4-3-5-8-19/h3-5,7-12H,6,13-17H2,1-2H3,(H,23,27). The van der Waals surface area contributed by atoms with Crippen molar-refractivity contribution in [2.24, 2.45) is 5.10 Å². The van der Waals surface area contributed by atoms with Gasteiger partial charge in [0, 0.05) is 37.3 Å². The van der Waals surface area contributed by atoms with Gasteiger partial charge in [-0.05, 0) is 56.8 Å². The van der Waals surface area contributed by atoms with Crippen molar-refractivity contribution in [2.45, 2.75) is 26.3 Å². The first-order chi connectivity index (χ1) is 13.1. The molecule has 1 N–H and O–H groups in total. The Balaban J connectivity index is 1.39. The first kappa shape index (κ1) is 19.1. The van der Waals surface area contributed by atoms with Crippen molar-refractivity contribution in [1.82, 2.24) is 10.2 Å². The summed E-state index contributed by atoms with van der Waals surface area (Å²) in [5.41, 5.74) is 4.18. The zero-order valence-electron chi connectivity index (χ0n) is 16.2. The van der Waals surface area contributed by atoms with Gasteiger partial charge in [-0.25, -0.2) is 0 Å². The maximum Gasteiger partial charge on any atom is 0.251 e. The van der Waals surface area contributed by atoms with Crippen molar-refractivity contribution in [3.05, 3.63) is 65.7 Å². The minimum atomic E-state index is -0.0200. The summed E-state index contributed by atoms with van der Waals surface area (Å²) in [4.78, 5) is 14.6. The lowest BCUT2D eigenvalue weighted by Crippen LogP contribution is -2.28. The van der Waals surface area contributed by atoms with Crippen LogP contribution in [0.3, 0.4) is 0 Å². The highest BCUT2D eigenvalue weighted by atomic mass is 16.1. The second kappa shape index (κ2) is 9.33. The fourth-order valence-corrected chi connectivity index (χ4v) is 3.17.